The molecule has 2 unspecified atom stereocenters. The van der Waals surface area contributed by atoms with Crippen LogP contribution in [0.3, 0.4) is 0 Å². The second kappa shape index (κ2) is 9.02. The Morgan fingerprint density at radius 3 is 2.11 bits per heavy atom. The summed E-state index contributed by atoms with van der Waals surface area (Å²) in [6.45, 7) is 8.66. The fourth-order valence-electron chi connectivity index (χ4n) is 3.45. The number of hydrogen-bond donors (Lipinski definition) is 0. The number of para-hydroxylation sites is 1. The number of fused-ring (bicyclic) bond motifs is 1. The maximum atomic E-state index is 12.9. The van der Waals surface area contributed by atoms with Crippen LogP contribution in [0.25, 0.3) is 0 Å². The maximum absolute atomic E-state index is 12.9. The average molecular weight is 376 g/mol. The lowest BCUT2D eigenvalue weighted by atomic mass is 9.73. The summed E-state index contributed by atoms with van der Waals surface area (Å²) in [6, 6.07) is 7.27. The van der Waals surface area contributed by atoms with Gasteiger partial charge in [0.2, 0.25) is 0 Å². The van der Waals surface area contributed by atoms with E-state index in [0.29, 0.717) is 5.75 Å². The molecular formula is C21H28O6. The Kier molecular flexibility index (Phi) is 6.99. The number of ether oxygens (including phenoxy) is 3. The zero-order valence-corrected chi connectivity index (χ0v) is 16.6. The summed E-state index contributed by atoms with van der Waals surface area (Å²) in [7, 11) is 0. The molecular weight excluding hydrogens is 348 g/mol. The van der Waals surface area contributed by atoms with E-state index >= 15 is 0 Å². The van der Waals surface area contributed by atoms with Gasteiger partial charge in [0.15, 0.2) is 5.92 Å². The van der Waals surface area contributed by atoms with E-state index in [1.807, 2.05) is 18.2 Å². The van der Waals surface area contributed by atoms with Crippen LogP contribution in [0.4, 0.5) is 0 Å². The number of carbonyl (C=O) groups excluding carboxylic acids is 3. The Bertz CT molecular complexity index is 672. The highest BCUT2D eigenvalue weighted by Gasteiger charge is 2.46. The van der Waals surface area contributed by atoms with Crippen molar-refractivity contribution < 1.29 is 28.6 Å². The Morgan fingerprint density at radius 1 is 1.04 bits per heavy atom. The number of benzene rings is 1. The van der Waals surface area contributed by atoms with Crippen molar-refractivity contribution in [3.8, 4) is 5.75 Å². The lowest BCUT2D eigenvalue weighted by Gasteiger charge is -2.36. The third kappa shape index (κ3) is 5.31. The van der Waals surface area contributed by atoms with E-state index < -0.39 is 23.8 Å². The van der Waals surface area contributed by atoms with Gasteiger partial charge < -0.3 is 19.0 Å². The van der Waals surface area contributed by atoms with Crippen LogP contribution in [0.1, 0.15) is 52.5 Å². The van der Waals surface area contributed by atoms with Crippen molar-refractivity contribution in [1.82, 2.24) is 0 Å². The number of carbonyl (C=O) groups is 3. The molecule has 0 saturated carbocycles. The topological polar surface area (TPSA) is 78.9 Å². The first-order valence-corrected chi connectivity index (χ1v) is 9.32. The molecule has 1 aromatic carbocycles. The number of esters is 2. The quantitative estimate of drug-likeness (QED) is 0.537. The summed E-state index contributed by atoms with van der Waals surface area (Å²) >= 11 is 0. The normalized spacial score (nSPS) is 18.8. The monoisotopic (exact) mass is 376 g/mol. The fourth-order valence-corrected chi connectivity index (χ4v) is 3.45. The first kappa shape index (κ1) is 20.9. The van der Waals surface area contributed by atoms with Gasteiger partial charge in [0.25, 0.3) is 0 Å². The molecule has 0 aromatic heterocycles. The van der Waals surface area contributed by atoms with Crippen molar-refractivity contribution in [2.24, 2.45) is 11.8 Å². The van der Waals surface area contributed by atoms with Crippen molar-refractivity contribution >= 4 is 17.7 Å². The fraction of sp³-hybridized carbons (Fsp3) is 0.571. The van der Waals surface area contributed by atoms with E-state index in [2.05, 4.69) is 0 Å². The van der Waals surface area contributed by atoms with Crippen LogP contribution in [0.2, 0.25) is 0 Å². The van der Waals surface area contributed by atoms with Gasteiger partial charge in [0.05, 0.1) is 18.8 Å². The SMILES string of the molecule is CC(=O)CC1COc2ccccc2C1C(C(=O)OC(C)C)C(=O)OC(C)C. The average Bonchev–Trinajstić information content (AvgIpc) is 2.55. The van der Waals surface area contributed by atoms with Crippen molar-refractivity contribution in [2.75, 3.05) is 6.61 Å². The highest BCUT2D eigenvalue weighted by Crippen LogP contribution is 2.44. The van der Waals surface area contributed by atoms with E-state index in [1.54, 1.807) is 33.8 Å². The predicted molar refractivity (Wildman–Crippen MR) is 99.4 cm³/mol. The van der Waals surface area contributed by atoms with Gasteiger partial charge in [0, 0.05) is 18.3 Å². The molecule has 1 aliphatic heterocycles. The van der Waals surface area contributed by atoms with E-state index in [9.17, 15) is 14.4 Å². The molecule has 0 fully saturated rings. The molecule has 6 heteroatoms. The van der Waals surface area contributed by atoms with Gasteiger partial charge in [-0.1, -0.05) is 18.2 Å². The first-order valence-electron chi connectivity index (χ1n) is 9.32. The molecule has 6 nitrogen and oxygen atoms in total. The Balaban J connectivity index is 2.50. The molecule has 1 aromatic rings. The second-order valence-electron chi connectivity index (χ2n) is 7.49. The number of hydrogen-bond acceptors (Lipinski definition) is 6. The number of rotatable bonds is 7. The van der Waals surface area contributed by atoms with E-state index in [-0.39, 0.29) is 36.9 Å². The molecule has 2 atom stereocenters. The summed E-state index contributed by atoms with van der Waals surface area (Å²) in [5.41, 5.74) is 0.724. The van der Waals surface area contributed by atoms with Crippen molar-refractivity contribution in [3.05, 3.63) is 29.8 Å². The van der Waals surface area contributed by atoms with Crippen LogP contribution in [-0.4, -0.2) is 36.5 Å². The molecule has 2 rings (SSSR count). The molecule has 27 heavy (non-hydrogen) atoms. The molecule has 1 aliphatic rings. The van der Waals surface area contributed by atoms with Gasteiger partial charge in [-0.2, -0.15) is 0 Å². The molecule has 0 spiro atoms. The minimum Gasteiger partial charge on any atom is -0.493 e. The zero-order chi connectivity index (χ0) is 20.1. The summed E-state index contributed by atoms with van der Waals surface area (Å²) in [5, 5.41) is 0. The lowest BCUT2D eigenvalue weighted by molar-refractivity contribution is -0.169. The van der Waals surface area contributed by atoms with Crippen LogP contribution in [0.15, 0.2) is 24.3 Å². The molecule has 1 heterocycles. The van der Waals surface area contributed by atoms with Gasteiger partial charge in [-0.25, -0.2) is 0 Å². The van der Waals surface area contributed by atoms with Gasteiger partial charge in [-0.3, -0.25) is 9.59 Å². The second-order valence-corrected chi connectivity index (χ2v) is 7.49. The Morgan fingerprint density at radius 2 is 1.59 bits per heavy atom. The van der Waals surface area contributed by atoms with Crippen LogP contribution in [-0.2, 0) is 23.9 Å². The van der Waals surface area contributed by atoms with E-state index in [1.165, 1.54) is 6.92 Å². The highest BCUT2D eigenvalue weighted by atomic mass is 16.6. The highest BCUT2D eigenvalue weighted by molar-refractivity contribution is 5.96. The van der Waals surface area contributed by atoms with E-state index in [0.717, 1.165) is 5.56 Å². The standard InChI is InChI=1S/C21H28O6/c1-12(2)26-20(23)19(21(24)27-13(3)4)18-15(10-14(5)22)11-25-17-9-7-6-8-16(17)18/h6-9,12-13,15,18-19H,10-11H2,1-5H3. The Hall–Kier alpha value is -2.37. The van der Waals surface area contributed by atoms with Crippen LogP contribution in [0.5, 0.6) is 5.75 Å². The third-order valence-corrected chi connectivity index (χ3v) is 4.36. The van der Waals surface area contributed by atoms with Crippen molar-refractivity contribution in [3.63, 3.8) is 0 Å². The van der Waals surface area contributed by atoms with E-state index in [4.69, 9.17) is 14.2 Å². The smallest absolute Gasteiger partial charge is 0.321 e. The van der Waals surface area contributed by atoms with Crippen LogP contribution in [0, 0.1) is 11.8 Å². The minimum absolute atomic E-state index is 0.0267. The molecule has 0 amide bonds. The molecule has 0 bridgehead atoms. The number of ketones is 1. The molecule has 0 saturated heterocycles. The van der Waals surface area contributed by atoms with Gasteiger partial charge in [-0.15, -0.1) is 0 Å². The summed E-state index contributed by atoms with van der Waals surface area (Å²) < 4.78 is 16.5. The number of Topliss-reactive ketones (excluding diaryl/α,β-unsaturated/α-hetero) is 1. The lowest BCUT2D eigenvalue weighted by Crippen LogP contribution is -2.42. The Labute approximate surface area is 160 Å². The van der Waals surface area contributed by atoms with Crippen molar-refractivity contribution in [1.29, 1.82) is 0 Å². The first-order chi connectivity index (χ1) is 12.7. The maximum Gasteiger partial charge on any atom is 0.321 e. The molecule has 0 radical (unpaired) electrons. The van der Waals surface area contributed by atoms with Gasteiger partial charge in [-0.05, 0) is 46.2 Å². The zero-order valence-electron chi connectivity index (χ0n) is 16.6. The third-order valence-electron chi connectivity index (χ3n) is 4.36. The molecule has 148 valence electrons. The van der Waals surface area contributed by atoms with Crippen LogP contribution >= 0.6 is 0 Å². The summed E-state index contributed by atoms with van der Waals surface area (Å²) in [6.07, 6.45) is -0.527. The predicted octanol–water partition coefficient (Wildman–Crippen LogP) is 3.28. The largest absolute Gasteiger partial charge is 0.493 e. The van der Waals surface area contributed by atoms with Gasteiger partial charge >= 0.3 is 11.9 Å². The van der Waals surface area contributed by atoms with Crippen molar-refractivity contribution in [2.45, 2.75) is 59.2 Å². The molecule has 0 aliphatic carbocycles. The molecule has 0 N–H and O–H groups in total. The minimum atomic E-state index is -1.15. The van der Waals surface area contributed by atoms with Crippen LogP contribution < -0.4 is 4.74 Å². The van der Waals surface area contributed by atoms with Gasteiger partial charge in [0.1, 0.15) is 11.5 Å². The summed E-state index contributed by atoms with van der Waals surface area (Å²) in [4.78, 5) is 37.5. The summed E-state index contributed by atoms with van der Waals surface area (Å²) in [5.74, 6) is -2.69.